The first-order valence-electron chi connectivity index (χ1n) is 9.50. The number of benzene rings is 1. The van der Waals surface area contributed by atoms with Crippen molar-refractivity contribution in [3.63, 3.8) is 0 Å². The summed E-state index contributed by atoms with van der Waals surface area (Å²) in [7, 11) is 4.78. The van der Waals surface area contributed by atoms with Crippen LogP contribution in [0.5, 0.6) is 17.2 Å². The molecule has 0 amide bonds. The third-order valence-electron chi connectivity index (χ3n) is 5.15. The molecule has 0 fully saturated rings. The molecule has 4 rings (SSSR count). The van der Waals surface area contributed by atoms with Gasteiger partial charge in [-0.2, -0.15) is 5.10 Å². The molecular formula is C21H23N5O4. The third kappa shape index (κ3) is 3.02. The van der Waals surface area contributed by atoms with Crippen molar-refractivity contribution in [2.24, 2.45) is 0 Å². The van der Waals surface area contributed by atoms with E-state index >= 15 is 0 Å². The average molecular weight is 409 g/mol. The van der Waals surface area contributed by atoms with Gasteiger partial charge in [0.1, 0.15) is 17.1 Å². The van der Waals surface area contributed by atoms with E-state index in [9.17, 15) is 0 Å². The lowest BCUT2D eigenvalue weighted by atomic mass is 10.0. The van der Waals surface area contributed by atoms with E-state index in [1.54, 1.807) is 27.4 Å². The van der Waals surface area contributed by atoms with Crippen molar-refractivity contribution in [3.8, 4) is 39.8 Å². The lowest BCUT2D eigenvalue weighted by molar-refractivity contribution is 0.306. The highest BCUT2D eigenvalue weighted by Gasteiger charge is 2.22. The number of hydrogen-bond acceptors (Lipinski definition) is 8. The van der Waals surface area contributed by atoms with Crippen LogP contribution < -0.4 is 14.2 Å². The Hall–Kier alpha value is -3.62. The fraction of sp³-hybridized carbons (Fsp3) is 0.333. The van der Waals surface area contributed by atoms with Gasteiger partial charge >= 0.3 is 0 Å². The molecular weight excluding hydrogens is 386 g/mol. The van der Waals surface area contributed by atoms with Crippen LogP contribution in [0, 0.1) is 13.8 Å². The molecule has 9 nitrogen and oxygen atoms in total. The van der Waals surface area contributed by atoms with Gasteiger partial charge in [0.2, 0.25) is 0 Å². The zero-order chi connectivity index (χ0) is 21.4. The molecule has 0 aliphatic carbocycles. The Morgan fingerprint density at radius 3 is 2.20 bits per heavy atom. The summed E-state index contributed by atoms with van der Waals surface area (Å²) < 4.78 is 23.4. The summed E-state index contributed by atoms with van der Waals surface area (Å²) in [6, 6.07) is 5.57. The van der Waals surface area contributed by atoms with Crippen molar-refractivity contribution in [2.75, 3.05) is 21.3 Å². The van der Waals surface area contributed by atoms with Gasteiger partial charge in [-0.05, 0) is 38.1 Å². The molecule has 0 radical (unpaired) electrons. The Balaban J connectivity index is 2.05. The number of hydrogen-bond donors (Lipinski definition) is 0. The highest BCUT2D eigenvalue weighted by molar-refractivity contribution is 5.96. The maximum atomic E-state index is 5.61. The van der Waals surface area contributed by atoms with E-state index in [0.29, 0.717) is 40.0 Å². The summed E-state index contributed by atoms with van der Waals surface area (Å²) in [4.78, 5) is 4.83. The Morgan fingerprint density at radius 1 is 0.900 bits per heavy atom. The fourth-order valence-electron chi connectivity index (χ4n) is 3.62. The molecule has 0 saturated heterocycles. The molecule has 0 unspecified atom stereocenters. The maximum absolute atomic E-state index is 5.61. The molecule has 1 aromatic carbocycles. The van der Waals surface area contributed by atoms with Crippen molar-refractivity contribution in [1.82, 2.24) is 25.1 Å². The van der Waals surface area contributed by atoms with Gasteiger partial charge in [0.05, 0.1) is 32.4 Å². The van der Waals surface area contributed by atoms with Crippen LogP contribution in [0.3, 0.4) is 0 Å². The van der Waals surface area contributed by atoms with Crippen LogP contribution >= 0.6 is 0 Å². The van der Waals surface area contributed by atoms with Gasteiger partial charge in [0.15, 0.2) is 17.1 Å². The van der Waals surface area contributed by atoms with Gasteiger partial charge in [0, 0.05) is 29.4 Å². The summed E-state index contributed by atoms with van der Waals surface area (Å²) in [5.74, 6) is 1.75. The molecule has 156 valence electrons. The molecule has 0 atom stereocenters. The van der Waals surface area contributed by atoms with Gasteiger partial charge < -0.3 is 14.2 Å². The van der Waals surface area contributed by atoms with E-state index < -0.39 is 0 Å². The number of fused-ring (bicyclic) bond motifs is 1. The van der Waals surface area contributed by atoms with Gasteiger partial charge in [-0.1, -0.05) is 5.16 Å². The quantitative estimate of drug-likeness (QED) is 0.474. The monoisotopic (exact) mass is 409 g/mol. The van der Waals surface area contributed by atoms with Crippen molar-refractivity contribution in [1.29, 1.82) is 0 Å². The smallest absolute Gasteiger partial charge is 0.182 e. The molecule has 0 bridgehead atoms. The molecule has 0 aliphatic heterocycles. The molecule has 0 spiro atoms. The van der Waals surface area contributed by atoms with Crippen molar-refractivity contribution < 1.29 is 18.8 Å². The largest absolute Gasteiger partial charge is 0.496 e. The van der Waals surface area contributed by atoms with E-state index in [4.69, 9.17) is 23.8 Å². The van der Waals surface area contributed by atoms with Crippen molar-refractivity contribution in [3.05, 3.63) is 29.6 Å². The van der Waals surface area contributed by atoms with Gasteiger partial charge in [0.25, 0.3) is 0 Å². The van der Waals surface area contributed by atoms with Crippen molar-refractivity contribution in [2.45, 2.75) is 27.3 Å². The Kier molecular flexibility index (Phi) is 5.03. The number of methoxy groups -OCH3 is 3. The molecule has 9 heteroatoms. The highest BCUT2D eigenvalue weighted by Crippen LogP contribution is 2.42. The minimum absolute atomic E-state index is 0.571. The average Bonchev–Trinajstić information content (AvgIpc) is 3.34. The number of aryl methyl sites for hydroxylation is 3. The molecule has 3 aromatic heterocycles. The van der Waals surface area contributed by atoms with Crippen LogP contribution in [0.4, 0.5) is 0 Å². The first-order valence-corrected chi connectivity index (χ1v) is 9.50. The highest BCUT2D eigenvalue weighted by atomic mass is 16.6. The van der Waals surface area contributed by atoms with E-state index in [0.717, 1.165) is 28.8 Å². The Labute approximate surface area is 173 Å². The first kappa shape index (κ1) is 19.7. The lowest BCUT2D eigenvalue weighted by Gasteiger charge is -2.14. The zero-order valence-corrected chi connectivity index (χ0v) is 17.8. The molecule has 0 N–H and O–H groups in total. The van der Waals surface area contributed by atoms with E-state index in [-0.39, 0.29) is 0 Å². The molecule has 4 aromatic rings. The lowest BCUT2D eigenvalue weighted by Crippen LogP contribution is -1.98. The Bertz CT molecular complexity index is 1230. The van der Waals surface area contributed by atoms with Crippen molar-refractivity contribution >= 4 is 11.0 Å². The second kappa shape index (κ2) is 7.66. The number of pyridine rings is 1. The van der Waals surface area contributed by atoms with Crippen LogP contribution in [-0.2, 0) is 6.54 Å². The summed E-state index contributed by atoms with van der Waals surface area (Å²) in [5.41, 5.74) is 5.22. The van der Waals surface area contributed by atoms with Crippen LogP contribution in [0.2, 0.25) is 0 Å². The van der Waals surface area contributed by atoms with Gasteiger partial charge in [-0.25, -0.2) is 9.61 Å². The molecule has 30 heavy (non-hydrogen) atoms. The van der Waals surface area contributed by atoms with Crippen LogP contribution in [0.25, 0.3) is 33.5 Å². The first-order chi connectivity index (χ1) is 14.5. The summed E-state index contributed by atoms with van der Waals surface area (Å²) in [5, 5.41) is 13.7. The number of rotatable bonds is 6. The molecule has 3 heterocycles. The fourth-order valence-corrected chi connectivity index (χ4v) is 3.62. The molecule has 0 aliphatic rings. The summed E-state index contributed by atoms with van der Waals surface area (Å²) >= 11 is 0. The normalized spacial score (nSPS) is 11.1. The second-order valence-corrected chi connectivity index (χ2v) is 6.76. The van der Waals surface area contributed by atoms with E-state index in [1.807, 2.05) is 37.6 Å². The Morgan fingerprint density at radius 2 is 1.60 bits per heavy atom. The minimum atomic E-state index is 0.571. The predicted octanol–water partition coefficient (Wildman–Crippen LogP) is 3.81. The maximum Gasteiger partial charge on any atom is 0.182 e. The van der Waals surface area contributed by atoms with Gasteiger partial charge in [-0.15, -0.1) is 0 Å². The third-order valence-corrected chi connectivity index (χ3v) is 5.15. The predicted molar refractivity (Wildman–Crippen MR) is 111 cm³/mol. The van der Waals surface area contributed by atoms with E-state index in [2.05, 4.69) is 15.4 Å². The molecule has 0 saturated carbocycles. The zero-order valence-electron chi connectivity index (χ0n) is 17.8. The number of ether oxygens (including phenoxy) is 3. The summed E-state index contributed by atoms with van der Waals surface area (Å²) in [6.07, 6.45) is 0. The standard InChI is InChI=1S/C21H23N5O4/c1-7-26-12(3)19-14(20-11(2)24-30-25-20)8-15(22-21(19)23-26)13-9-17(28-5)18(29-6)10-16(13)27-4/h8-10H,7H2,1-6H3. The number of nitrogens with zero attached hydrogens (tertiary/aromatic N) is 5. The number of aromatic nitrogens is 5. The second-order valence-electron chi connectivity index (χ2n) is 6.76. The van der Waals surface area contributed by atoms with Crippen LogP contribution in [0.1, 0.15) is 18.3 Å². The summed E-state index contributed by atoms with van der Waals surface area (Å²) in [6.45, 7) is 6.64. The van der Waals surface area contributed by atoms with E-state index in [1.165, 1.54) is 0 Å². The topological polar surface area (TPSA) is 97.3 Å². The minimum Gasteiger partial charge on any atom is -0.496 e. The SMILES string of the molecule is CCn1nc2nc(-c3cc(OC)c(OC)cc3OC)cc(-c3nonc3C)c2c1C. The van der Waals surface area contributed by atoms with Crippen LogP contribution in [-0.4, -0.2) is 46.4 Å². The van der Waals surface area contributed by atoms with Gasteiger partial charge in [-0.3, -0.25) is 4.68 Å². The van der Waals surface area contributed by atoms with Crippen LogP contribution in [0.15, 0.2) is 22.8 Å².